The average molecular weight is 206 g/mol. The molecule has 1 heterocycles. The smallest absolute Gasteiger partial charge is 0.304 e. The quantitative estimate of drug-likeness (QED) is 0.496. The molecule has 0 N–H and O–H groups in total. The van der Waals surface area contributed by atoms with Gasteiger partial charge >= 0.3 is 6.03 Å². The fourth-order valence-electron chi connectivity index (χ4n) is 2.32. The second-order valence-electron chi connectivity index (χ2n) is 4.04. The van der Waals surface area contributed by atoms with Crippen LogP contribution in [0.1, 0.15) is 25.7 Å². The molecule has 0 bridgehead atoms. The molecular weight excluding hydrogens is 192 g/mol. The number of terminal acetylenes is 1. The van der Waals surface area contributed by atoms with E-state index in [0.29, 0.717) is 0 Å². The van der Waals surface area contributed by atoms with Crippen LogP contribution >= 0.6 is 0 Å². The molecule has 4 heteroatoms. The average Bonchev–Trinajstić information content (AvgIpc) is 2.77. The fraction of sp³-hybridized carbons (Fsp3) is 0.636. The van der Waals surface area contributed by atoms with Crippen molar-refractivity contribution in [2.45, 2.75) is 31.7 Å². The molecule has 0 spiro atoms. The van der Waals surface area contributed by atoms with Gasteiger partial charge in [0.2, 0.25) is 0 Å². The van der Waals surface area contributed by atoms with Crippen LogP contribution in [0.2, 0.25) is 0 Å². The highest BCUT2D eigenvalue weighted by Gasteiger charge is 2.40. The number of nitrogens with zero attached hydrogens (tertiary/aromatic N) is 2. The first-order valence-corrected chi connectivity index (χ1v) is 5.28. The Morgan fingerprint density at radius 2 is 2.00 bits per heavy atom. The van der Waals surface area contributed by atoms with E-state index in [1.807, 2.05) is 0 Å². The molecule has 0 unspecified atom stereocenters. The minimum Gasteiger partial charge on any atom is -0.304 e. The molecule has 4 nitrogen and oxygen atoms in total. The van der Waals surface area contributed by atoms with Gasteiger partial charge in [-0.2, -0.15) is 0 Å². The maximum absolute atomic E-state index is 11.8. The van der Waals surface area contributed by atoms with Crippen molar-refractivity contribution in [1.82, 2.24) is 9.80 Å². The molecule has 2 fully saturated rings. The Morgan fingerprint density at radius 3 is 2.60 bits per heavy atom. The topological polar surface area (TPSA) is 40.6 Å². The summed E-state index contributed by atoms with van der Waals surface area (Å²) in [6.45, 7) is 0.382. The number of rotatable bonds is 2. The molecule has 0 radical (unpaired) electrons. The van der Waals surface area contributed by atoms with Gasteiger partial charge in [-0.15, -0.1) is 6.42 Å². The zero-order chi connectivity index (χ0) is 10.8. The Bertz CT molecular complexity index is 326. The number of imide groups is 1. The van der Waals surface area contributed by atoms with E-state index in [1.54, 1.807) is 0 Å². The third kappa shape index (κ3) is 1.70. The first kappa shape index (κ1) is 10.0. The van der Waals surface area contributed by atoms with E-state index in [9.17, 15) is 9.59 Å². The Hall–Kier alpha value is -1.50. The van der Waals surface area contributed by atoms with Crippen molar-refractivity contribution in [3.63, 3.8) is 0 Å². The van der Waals surface area contributed by atoms with E-state index in [1.165, 1.54) is 9.80 Å². The number of amides is 3. The van der Waals surface area contributed by atoms with Gasteiger partial charge in [0.05, 0.1) is 6.54 Å². The Balaban J connectivity index is 2.09. The fourth-order valence-corrected chi connectivity index (χ4v) is 2.32. The van der Waals surface area contributed by atoms with Crippen molar-refractivity contribution in [3.8, 4) is 12.3 Å². The van der Waals surface area contributed by atoms with Crippen molar-refractivity contribution in [1.29, 1.82) is 0 Å². The molecule has 1 saturated heterocycles. The van der Waals surface area contributed by atoms with Gasteiger partial charge in [-0.1, -0.05) is 18.8 Å². The highest BCUT2D eigenvalue weighted by Crippen LogP contribution is 2.26. The molecule has 1 aliphatic carbocycles. The molecule has 1 saturated carbocycles. The van der Waals surface area contributed by atoms with Crippen LogP contribution in [0.4, 0.5) is 4.79 Å². The number of urea groups is 1. The third-order valence-electron chi connectivity index (χ3n) is 3.04. The van der Waals surface area contributed by atoms with Crippen LogP contribution in [-0.4, -0.2) is 40.9 Å². The van der Waals surface area contributed by atoms with Crippen LogP contribution < -0.4 is 0 Å². The summed E-state index contributed by atoms with van der Waals surface area (Å²) in [6.07, 6.45) is 9.25. The maximum atomic E-state index is 11.8. The SMILES string of the molecule is C#CCN1CC(=O)N(C2CCCC2)C1=O. The monoisotopic (exact) mass is 206 g/mol. The first-order valence-electron chi connectivity index (χ1n) is 5.28. The molecule has 15 heavy (non-hydrogen) atoms. The molecule has 0 aromatic rings. The summed E-state index contributed by atoms with van der Waals surface area (Å²) in [7, 11) is 0. The Kier molecular flexibility index (Phi) is 2.63. The van der Waals surface area contributed by atoms with Crippen LogP contribution in [-0.2, 0) is 4.79 Å². The zero-order valence-electron chi connectivity index (χ0n) is 8.61. The number of hydrogen-bond acceptors (Lipinski definition) is 2. The van der Waals surface area contributed by atoms with Crippen molar-refractivity contribution in [2.24, 2.45) is 0 Å². The van der Waals surface area contributed by atoms with Crippen LogP contribution in [0, 0.1) is 12.3 Å². The summed E-state index contributed by atoms with van der Waals surface area (Å²) in [5.74, 6) is 2.30. The number of carbonyl (C=O) groups is 2. The molecule has 0 atom stereocenters. The molecule has 1 aliphatic heterocycles. The van der Waals surface area contributed by atoms with Gasteiger partial charge in [0.15, 0.2) is 0 Å². The molecule has 0 aromatic heterocycles. The lowest BCUT2D eigenvalue weighted by Crippen LogP contribution is -2.39. The van der Waals surface area contributed by atoms with Crippen LogP contribution in [0.15, 0.2) is 0 Å². The lowest BCUT2D eigenvalue weighted by atomic mass is 10.2. The van der Waals surface area contributed by atoms with E-state index in [2.05, 4.69) is 5.92 Å². The first-order chi connectivity index (χ1) is 7.24. The molecule has 2 aliphatic rings. The Morgan fingerprint density at radius 1 is 1.33 bits per heavy atom. The van der Waals surface area contributed by atoms with Gasteiger partial charge in [-0.05, 0) is 12.8 Å². The zero-order valence-corrected chi connectivity index (χ0v) is 8.61. The van der Waals surface area contributed by atoms with Gasteiger partial charge in [-0.25, -0.2) is 4.79 Å². The van der Waals surface area contributed by atoms with E-state index >= 15 is 0 Å². The summed E-state index contributed by atoms with van der Waals surface area (Å²) in [5, 5.41) is 0. The number of hydrogen-bond donors (Lipinski definition) is 0. The van der Waals surface area contributed by atoms with E-state index in [0.717, 1.165) is 25.7 Å². The van der Waals surface area contributed by atoms with Crippen LogP contribution in [0.3, 0.4) is 0 Å². The highest BCUT2D eigenvalue weighted by atomic mass is 16.2. The van der Waals surface area contributed by atoms with Crippen LogP contribution in [0.5, 0.6) is 0 Å². The molecule has 3 amide bonds. The summed E-state index contributed by atoms with van der Waals surface area (Å²) in [6, 6.07) is -0.0855. The summed E-state index contributed by atoms with van der Waals surface area (Å²) in [5.41, 5.74) is 0. The van der Waals surface area contributed by atoms with Crippen molar-refractivity contribution >= 4 is 11.9 Å². The van der Waals surface area contributed by atoms with E-state index in [4.69, 9.17) is 6.42 Å². The summed E-state index contributed by atoms with van der Waals surface area (Å²) < 4.78 is 0. The summed E-state index contributed by atoms with van der Waals surface area (Å²) >= 11 is 0. The molecule has 80 valence electrons. The molecule has 2 rings (SSSR count). The van der Waals surface area contributed by atoms with Crippen molar-refractivity contribution in [3.05, 3.63) is 0 Å². The van der Waals surface area contributed by atoms with Gasteiger partial charge in [0, 0.05) is 6.04 Å². The predicted octanol–water partition coefficient (Wildman–Crippen LogP) is 0.826. The van der Waals surface area contributed by atoms with Crippen LogP contribution in [0.25, 0.3) is 0 Å². The largest absolute Gasteiger partial charge is 0.328 e. The van der Waals surface area contributed by atoms with E-state index < -0.39 is 0 Å². The Labute approximate surface area is 89.2 Å². The number of carbonyl (C=O) groups excluding carboxylic acids is 2. The maximum Gasteiger partial charge on any atom is 0.328 e. The second-order valence-corrected chi connectivity index (χ2v) is 4.04. The van der Waals surface area contributed by atoms with Gasteiger partial charge in [0.1, 0.15) is 6.54 Å². The van der Waals surface area contributed by atoms with Gasteiger partial charge in [-0.3, -0.25) is 9.69 Å². The molecular formula is C11H14N2O2. The summed E-state index contributed by atoms with van der Waals surface area (Å²) in [4.78, 5) is 26.3. The minimum atomic E-state index is -0.204. The van der Waals surface area contributed by atoms with Gasteiger partial charge < -0.3 is 4.90 Å². The standard InChI is InChI=1S/C11H14N2O2/c1-2-7-12-8-10(14)13(11(12)15)9-5-3-4-6-9/h1,9H,3-8H2. The molecule has 0 aromatic carbocycles. The van der Waals surface area contributed by atoms with Crippen molar-refractivity contribution in [2.75, 3.05) is 13.1 Å². The highest BCUT2D eigenvalue weighted by molar-refractivity contribution is 6.02. The third-order valence-corrected chi connectivity index (χ3v) is 3.04. The van der Waals surface area contributed by atoms with Crippen molar-refractivity contribution < 1.29 is 9.59 Å². The minimum absolute atomic E-state index is 0.0952. The lowest BCUT2D eigenvalue weighted by molar-refractivity contribution is -0.126. The second kappa shape index (κ2) is 3.93. The van der Waals surface area contributed by atoms with Gasteiger partial charge in [0.25, 0.3) is 5.91 Å². The lowest BCUT2D eigenvalue weighted by Gasteiger charge is -2.21. The predicted molar refractivity (Wildman–Crippen MR) is 54.9 cm³/mol. The van der Waals surface area contributed by atoms with E-state index in [-0.39, 0.29) is 31.1 Å². The normalized spacial score (nSPS) is 22.6.